The van der Waals surface area contributed by atoms with Crippen LogP contribution in [0.3, 0.4) is 0 Å². The lowest BCUT2D eigenvalue weighted by atomic mass is 9.85. The van der Waals surface area contributed by atoms with Gasteiger partial charge in [0.05, 0.1) is 24.3 Å². The summed E-state index contributed by atoms with van der Waals surface area (Å²) in [7, 11) is 0. The van der Waals surface area contributed by atoms with Gasteiger partial charge in [0, 0.05) is 48.9 Å². The van der Waals surface area contributed by atoms with Crippen LogP contribution in [-0.2, 0) is 19.1 Å². The molecule has 1 aliphatic rings. The van der Waals surface area contributed by atoms with E-state index in [-0.39, 0.29) is 45.2 Å². The van der Waals surface area contributed by atoms with Crippen molar-refractivity contribution in [1.82, 2.24) is 10.6 Å². The third-order valence-corrected chi connectivity index (χ3v) is 8.48. The summed E-state index contributed by atoms with van der Waals surface area (Å²) in [5.41, 5.74) is -2.63. The number of ether oxygens (including phenoxy) is 2. The van der Waals surface area contributed by atoms with Crippen LogP contribution in [0.4, 0.5) is 26.3 Å². The van der Waals surface area contributed by atoms with Gasteiger partial charge in [-0.1, -0.05) is 49.0 Å². The van der Waals surface area contributed by atoms with E-state index in [9.17, 15) is 50.6 Å². The zero-order valence-electron chi connectivity index (χ0n) is 31.0. The monoisotopic (exact) mass is 778 g/mol. The summed E-state index contributed by atoms with van der Waals surface area (Å²) in [5, 5.41) is 24.1. The van der Waals surface area contributed by atoms with Gasteiger partial charge in [0.1, 0.15) is 23.8 Å². The van der Waals surface area contributed by atoms with E-state index in [2.05, 4.69) is 10.6 Å². The SMILES string of the molecule is C.C[C@H](CNC(=O)[C@@H](O)C(C)(C)CO)CC(=O)c1cc(F)c(F)cc1F.C[C@H](CNC(=O)[C@H]1OC(C)(C)OCC1(C)C)CC(=O)c1cc(F)c(F)cc1F. The quantitative estimate of drug-likeness (QED) is 0.103. The van der Waals surface area contributed by atoms with Crippen LogP contribution in [0, 0.1) is 57.6 Å². The van der Waals surface area contributed by atoms with Crippen LogP contribution < -0.4 is 10.6 Å². The van der Waals surface area contributed by atoms with Crippen molar-refractivity contribution in [2.75, 3.05) is 26.3 Å². The highest BCUT2D eigenvalue weighted by Gasteiger charge is 2.45. The standard InChI is InChI=1S/C20H26F3NO4.C17H22F3NO4.CH4/c1-11(6-16(25)12-7-14(22)15(23)8-13(12)21)9-24-18(26)17-19(2,3)10-27-20(4,5)28-17;1-9(7-21-16(25)15(24)17(2,3)8-22)4-14(23)10-5-12(19)13(20)6-11(10)18;/h7-8,11,17H,6,9-10H2,1-5H3,(H,24,26);5-6,9,15,22,24H,4,7-8H2,1-3H3,(H,21,25);1H4/t11-,17+;9-,15+;/m00./s1. The Labute approximate surface area is 312 Å². The average Bonchev–Trinajstić information content (AvgIpc) is 3.06. The number of halogens is 6. The van der Waals surface area contributed by atoms with Gasteiger partial charge in [0.25, 0.3) is 0 Å². The number of rotatable bonds is 14. The number of hydrogen-bond acceptors (Lipinski definition) is 8. The molecule has 0 saturated carbocycles. The zero-order valence-corrected chi connectivity index (χ0v) is 31.0. The highest BCUT2D eigenvalue weighted by molar-refractivity contribution is 5.97. The lowest BCUT2D eigenvalue weighted by Crippen LogP contribution is -2.56. The van der Waals surface area contributed by atoms with Crippen LogP contribution >= 0.6 is 0 Å². The van der Waals surface area contributed by atoms with Crippen LogP contribution in [0.25, 0.3) is 0 Å². The van der Waals surface area contributed by atoms with E-state index in [1.54, 1.807) is 27.7 Å². The summed E-state index contributed by atoms with van der Waals surface area (Å²) in [5.74, 6) is -11.7. The maximum Gasteiger partial charge on any atom is 0.249 e. The Hall–Kier alpha value is -3.86. The molecule has 3 rings (SSSR count). The Morgan fingerprint density at radius 1 is 0.778 bits per heavy atom. The van der Waals surface area contributed by atoms with Crippen molar-refractivity contribution in [3.63, 3.8) is 0 Å². The summed E-state index contributed by atoms with van der Waals surface area (Å²) < 4.78 is 90.9. The molecule has 1 aliphatic heterocycles. The second kappa shape index (κ2) is 19.6. The minimum atomic E-state index is -1.44. The Morgan fingerprint density at radius 2 is 1.19 bits per heavy atom. The van der Waals surface area contributed by atoms with E-state index in [1.807, 2.05) is 13.8 Å². The molecule has 0 aromatic heterocycles. The van der Waals surface area contributed by atoms with E-state index >= 15 is 0 Å². The third kappa shape index (κ3) is 13.5. The molecule has 54 heavy (non-hydrogen) atoms. The molecular weight excluding hydrogens is 726 g/mol. The van der Waals surface area contributed by atoms with Crippen molar-refractivity contribution in [2.45, 2.75) is 93.7 Å². The number of nitrogens with one attached hydrogen (secondary N) is 2. The predicted molar refractivity (Wildman–Crippen MR) is 187 cm³/mol. The summed E-state index contributed by atoms with van der Waals surface area (Å²) >= 11 is 0. The van der Waals surface area contributed by atoms with Gasteiger partial charge >= 0.3 is 0 Å². The van der Waals surface area contributed by atoms with E-state index < -0.39 is 105 Å². The third-order valence-electron chi connectivity index (χ3n) is 8.48. The molecule has 1 saturated heterocycles. The fourth-order valence-electron chi connectivity index (χ4n) is 4.97. The molecule has 2 aromatic carbocycles. The van der Waals surface area contributed by atoms with Gasteiger partial charge in [-0.2, -0.15) is 0 Å². The van der Waals surface area contributed by atoms with Crippen molar-refractivity contribution < 1.29 is 65.2 Å². The lowest BCUT2D eigenvalue weighted by molar-refractivity contribution is -0.304. The van der Waals surface area contributed by atoms with Crippen LogP contribution in [-0.4, -0.2) is 77.9 Å². The largest absolute Gasteiger partial charge is 0.396 e. The first kappa shape index (κ1) is 48.2. The average molecular weight is 779 g/mol. The first-order valence-electron chi connectivity index (χ1n) is 16.8. The molecule has 2 aromatic rings. The summed E-state index contributed by atoms with van der Waals surface area (Å²) in [6.45, 7) is 13.6. The number of aliphatic hydroxyl groups is 2. The molecule has 10 nitrogen and oxygen atoms in total. The minimum Gasteiger partial charge on any atom is -0.396 e. The number of aliphatic hydroxyl groups excluding tert-OH is 2. The molecule has 0 aliphatic carbocycles. The Balaban J connectivity index is 0.000000534. The molecular formula is C38H52F6N2O8. The van der Waals surface area contributed by atoms with Crippen LogP contribution in [0.15, 0.2) is 24.3 Å². The normalized spacial score (nSPS) is 17.8. The number of amides is 2. The maximum atomic E-state index is 13.7. The molecule has 1 fully saturated rings. The molecule has 0 radical (unpaired) electrons. The van der Waals surface area contributed by atoms with Crippen molar-refractivity contribution >= 4 is 23.4 Å². The molecule has 0 bridgehead atoms. The van der Waals surface area contributed by atoms with Gasteiger partial charge in [0.15, 0.2) is 40.6 Å². The zero-order chi connectivity index (χ0) is 40.6. The van der Waals surface area contributed by atoms with E-state index in [1.165, 1.54) is 13.8 Å². The van der Waals surface area contributed by atoms with Gasteiger partial charge in [0.2, 0.25) is 11.8 Å². The van der Waals surface area contributed by atoms with Crippen LogP contribution in [0.1, 0.15) is 96.4 Å². The highest BCUT2D eigenvalue weighted by atomic mass is 19.2. The van der Waals surface area contributed by atoms with Gasteiger partial charge in [-0.3, -0.25) is 19.2 Å². The summed E-state index contributed by atoms with van der Waals surface area (Å²) in [6.07, 6.45) is -2.51. The molecule has 0 spiro atoms. The minimum absolute atomic E-state index is 0. The van der Waals surface area contributed by atoms with E-state index in [0.717, 1.165) is 0 Å². The molecule has 304 valence electrons. The lowest BCUT2D eigenvalue weighted by Gasteiger charge is -2.44. The Morgan fingerprint density at radius 3 is 1.61 bits per heavy atom. The highest BCUT2D eigenvalue weighted by Crippen LogP contribution is 2.35. The topological polar surface area (TPSA) is 151 Å². The van der Waals surface area contributed by atoms with Crippen molar-refractivity contribution in [2.24, 2.45) is 22.7 Å². The number of carbonyl (C=O) groups excluding carboxylic acids is 4. The molecule has 16 heteroatoms. The first-order valence-corrected chi connectivity index (χ1v) is 16.8. The Bertz CT molecular complexity index is 1650. The van der Waals surface area contributed by atoms with Crippen molar-refractivity contribution in [3.05, 3.63) is 70.3 Å². The van der Waals surface area contributed by atoms with Gasteiger partial charge in [-0.05, 0) is 37.8 Å². The van der Waals surface area contributed by atoms with Crippen LogP contribution in [0.5, 0.6) is 0 Å². The number of benzene rings is 2. The number of ketones is 2. The smallest absolute Gasteiger partial charge is 0.249 e. The van der Waals surface area contributed by atoms with E-state index in [4.69, 9.17) is 14.6 Å². The second-order valence-electron chi connectivity index (χ2n) is 15.2. The van der Waals surface area contributed by atoms with Gasteiger partial charge < -0.3 is 30.3 Å². The maximum absolute atomic E-state index is 13.7. The summed E-state index contributed by atoms with van der Waals surface area (Å²) in [6, 6.07) is 1.72. The van der Waals surface area contributed by atoms with Crippen LogP contribution in [0.2, 0.25) is 0 Å². The number of hydrogen-bond donors (Lipinski definition) is 4. The molecule has 4 N–H and O–H groups in total. The first-order chi connectivity index (χ1) is 24.3. The summed E-state index contributed by atoms with van der Waals surface area (Å²) in [4.78, 5) is 48.6. The van der Waals surface area contributed by atoms with Gasteiger partial charge in [-0.25, -0.2) is 26.3 Å². The fraction of sp³-hybridized carbons (Fsp3) is 0.579. The molecule has 1 heterocycles. The molecule has 4 atom stereocenters. The van der Waals surface area contributed by atoms with Gasteiger partial charge in [-0.15, -0.1) is 0 Å². The van der Waals surface area contributed by atoms with E-state index in [0.29, 0.717) is 30.9 Å². The molecule has 0 unspecified atom stereocenters. The number of carbonyl (C=O) groups is 4. The fourth-order valence-corrected chi connectivity index (χ4v) is 4.97. The second-order valence-corrected chi connectivity index (χ2v) is 15.2. The Kier molecular flexibility index (Phi) is 17.5. The number of Topliss-reactive ketones (excluding diaryl/α,β-unsaturated/α-hetero) is 2. The molecule has 2 amide bonds. The van der Waals surface area contributed by atoms with Crippen molar-refractivity contribution in [1.29, 1.82) is 0 Å². The van der Waals surface area contributed by atoms with Crippen molar-refractivity contribution in [3.8, 4) is 0 Å². The predicted octanol–water partition coefficient (Wildman–Crippen LogP) is 6.05.